The van der Waals surface area contributed by atoms with E-state index in [-0.39, 0.29) is 5.91 Å². The second-order valence-corrected chi connectivity index (χ2v) is 4.23. The van der Waals surface area contributed by atoms with Crippen molar-refractivity contribution < 1.29 is 4.79 Å². The van der Waals surface area contributed by atoms with E-state index in [9.17, 15) is 4.79 Å². The van der Waals surface area contributed by atoms with Gasteiger partial charge in [-0.2, -0.15) is 0 Å². The molecule has 0 atom stereocenters. The maximum Gasteiger partial charge on any atom is 0.253 e. The van der Waals surface area contributed by atoms with Crippen LogP contribution in [0.2, 0.25) is 0 Å². The molecule has 1 amide bonds. The van der Waals surface area contributed by atoms with Gasteiger partial charge in [-0.05, 0) is 18.2 Å². The van der Waals surface area contributed by atoms with Crippen molar-refractivity contribution in [2.24, 2.45) is 0 Å². The molecule has 0 bridgehead atoms. The van der Waals surface area contributed by atoms with Crippen molar-refractivity contribution in [1.82, 2.24) is 10.3 Å². The SMILES string of the molecule is Nc1ccc(C(=O)NCc2cscn2)c(N)c1. The summed E-state index contributed by atoms with van der Waals surface area (Å²) in [5.41, 5.74) is 15.2. The van der Waals surface area contributed by atoms with E-state index in [4.69, 9.17) is 11.5 Å². The predicted octanol–water partition coefficient (Wildman–Crippen LogP) is 1.24. The zero-order valence-corrected chi connectivity index (χ0v) is 9.83. The smallest absolute Gasteiger partial charge is 0.253 e. The van der Waals surface area contributed by atoms with Gasteiger partial charge in [-0.1, -0.05) is 0 Å². The number of benzene rings is 1. The van der Waals surface area contributed by atoms with Crippen molar-refractivity contribution >= 4 is 28.6 Å². The Labute approximate surface area is 102 Å². The zero-order valence-electron chi connectivity index (χ0n) is 9.01. The molecule has 0 aliphatic carbocycles. The van der Waals surface area contributed by atoms with E-state index in [0.717, 1.165) is 5.69 Å². The lowest BCUT2D eigenvalue weighted by molar-refractivity contribution is 0.0951. The number of nitrogen functional groups attached to an aromatic ring is 2. The molecule has 6 heteroatoms. The van der Waals surface area contributed by atoms with Crippen molar-refractivity contribution in [1.29, 1.82) is 0 Å². The second kappa shape index (κ2) is 4.84. The molecule has 0 aliphatic heterocycles. The molecule has 0 fully saturated rings. The van der Waals surface area contributed by atoms with Gasteiger partial charge in [0.1, 0.15) is 0 Å². The van der Waals surface area contributed by atoms with Gasteiger partial charge in [0.25, 0.3) is 5.91 Å². The van der Waals surface area contributed by atoms with Gasteiger partial charge in [0.05, 0.1) is 23.3 Å². The average molecular weight is 248 g/mol. The number of anilines is 2. The van der Waals surface area contributed by atoms with Crippen LogP contribution in [0.1, 0.15) is 16.1 Å². The first-order valence-electron chi connectivity index (χ1n) is 4.97. The number of amides is 1. The maximum absolute atomic E-state index is 11.8. The number of hydrogen-bond donors (Lipinski definition) is 3. The third-order valence-corrected chi connectivity index (χ3v) is 2.87. The standard InChI is InChI=1S/C11H12N4OS/c12-7-1-2-9(10(13)3-7)11(16)14-4-8-5-17-6-15-8/h1-3,5-6H,4,12-13H2,(H,14,16). The molecule has 0 radical (unpaired) electrons. The van der Waals surface area contributed by atoms with Gasteiger partial charge >= 0.3 is 0 Å². The molecule has 88 valence electrons. The molecule has 2 rings (SSSR count). The van der Waals surface area contributed by atoms with Gasteiger partial charge in [0.15, 0.2) is 0 Å². The highest BCUT2D eigenvalue weighted by atomic mass is 32.1. The lowest BCUT2D eigenvalue weighted by atomic mass is 10.1. The molecule has 17 heavy (non-hydrogen) atoms. The fourth-order valence-electron chi connectivity index (χ4n) is 1.38. The second-order valence-electron chi connectivity index (χ2n) is 3.51. The monoisotopic (exact) mass is 248 g/mol. The molecule has 0 aliphatic rings. The molecule has 1 aromatic carbocycles. The number of aromatic nitrogens is 1. The van der Waals surface area contributed by atoms with E-state index in [1.165, 1.54) is 11.3 Å². The summed E-state index contributed by atoms with van der Waals surface area (Å²) in [5.74, 6) is -0.226. The molecule has 0 unspecified atom stereocenters. The highest BCUT2D eigenvalue weighted by molar-refractivity contribution is 7.07. The van der Waals surface area contributed by atoms with E-state index in [1.807, 2.05) is 5.38 Å². The number of carbonyl (C=O) groups is 1. The Morgan fingerprint density at radius 3 is 2.88 bits per heavy atom. The lowest BCUT2D eigenvalue weighted by Gasteiger charge is -2.06. The van der Waals surface area contributed by atoms with Crippen molar-refractivity contribution in [3.63, 3.8) is 0 Å². The Balaban J connectivity index is 2.04. The third-order valence-electron chi connectivity index (χ3n) is 2.23. The quantitative estimate of drug-likeness (QED) is 0.712. The number of thiazole rings is 1. The molecule has 2 aromatic rings. The molecule has 1 aromatic heterocycles. The minimum absolute atomic E-state index is 0.226. The summed E-state index contributed by atoms with van der Waals surface area (Å²) in [7, 11) is 0. The van der Waals surface area contributed by atoms with Crippen LogP contribution in [0.25, 0.3) is 0 Å². The number of hydrogen-bond acceptors (Lipinski definition) is 5. The topological polar surface area (TPSA) is 94.0 Å². The molecular weight excluding hydrogens is 236 g/mol. The first kappa shape index (κ1) is 11.4. The number of nitrogens with two attached hydrogens (primary N) is 2. The number of nitrogens with zero attached hydrogens (tertiary/aromatic N) is 1. The Hall–Kier alpha value is -2.08. The predicted molar refractivity (Wildman–Crippen MR) is 68.6 cm³/mol. The van der Waals surface area contributed by atoms with Crippen LogP contribution in [0.5, 0.6) is 0 Å². The lowest BCUT2D eigenvalue weighted by Crippen LogP contribution is -2.24. The van der Waals surface area contributed by atoms with Gasteiger partial charge in [-0.15, -0.1) is 11.3 Å². The molecule has 1 heterocycles. The van der Waals surface area contributed by atoms with E-state index < -0.39 is 0 Å². The van der Waals surface area contributed by atoms with Crippen LogP contribution in [0.3, 0.4) is 0 Å². The fourth-order valence-corrected chi connectivity index (χ4v) is 1.94. The van der Waals surface area contributed by atoms with Gasteiger partial charge in [0.2, 0.25) is 0 Å². The highest BCUT2D eigenvalue weighted by Gasteiger charge is 2.09. The summed E-state index contributed by atoms with van der Waals surface area (Å²) >= 11 is 1.49. The first-order valence-corrected chi connectivity index (χ1v) is 5.91. The van der Waals surface area contributed by atoms with Crippen molar-refractivity contribution in [3.8, 4) is 0 Å². The molecule has 5 nitrogen and oxygen atoms in total. The van der Waals surface area contributed by atoms with Crippen molar-refractivity contribution in [2.45, 2.75) is 6.54 Å². The van der Waals surface area contributed by atoms with E-state index in [1.54, 1.807) is 23.7 Å². The molecule has 0 saturated heterocycles. The Bertz CT molecular complexity index is 524. The van der Waals surface area contributed by atoms with Gasteiger partial charge in [-0.3, -0.25) is 4.79 Å². The minimum Gasteiger partial charge on any atom is -0.399 e. The number of rotatable bonds is 3. The fraction of sp³-hybridized carbons (Fsp3) is 0.0909. The van der Waals surface area contributed by atoms with Crippen LogP contribution < -0.4 is 16.8 Å². The average Bonchev–Trinajstić information content (AvgIpc) is 2.78. The molecule has 0 spiro atoms. The van der Waals surface area contributed by atoms with Crippen LogP contribution >= 0.6 is 11.3 Å². The summed E-state index contributed by atoms with van der Waals surface area (Å²) in [6.45, 7) is 0.395. The normalized spacial score (nSPS) is 10.1. The first-order chi connectivity index (χ1) is 8.16. The molecular formula is C11H12N4OS. The van der Waals surface area contributed by atoms with Crippen molar-refractivity contribution in [2.75, 3.05) is 11.5 Å². The van der Waals surface area contributed by atoms with Crippen LogP contribution in [-0.2, 0) is 6.54 Å². The summed E-state index contributed by atoms with van der Waals surface area (Å²) in [5, 5.41) is 4.63. The minimum atomic E-state index is -0.226. The summed E-state index contributed by atoms with van der Waals surface area (Å²) in [6, 6.07) is 4.83. The van der Waals surface area contributed by atoms with E-state index in [0.29, 0.717) is 23.5 Å². The van der Waals surface area contributed by atoms with Gasteiger partial charge < -0.3 is 16.8 Å². The molecule has 5 N–H and O–H groups in total. The largest absolute Gasteiger partial charge is 0.399 e. The van der Waals surface area contributed by atoms with Crippen LogP contribution in [0.15, 0.2) is 29.1 Å². The molecule has 0 saturated carbocycles. The summed E-state index contributed by atoms with van der Waals surface area (Å²) in [4.78, 5) is 15.9. The zero-order chi connectivity index (χ0) is 12.3. The van der Waals surface area contributed by atoms with E-state index in [2.05, 4.69) is 10.3 Å². The van der Waals surface area contributed by atoms with Gasteiger partial charge in [0, 0.05) is 16.8 Å². The van der Waals surface area contributed by atoms with Crippen LogP contribution in [0.4, 0.5) is 11.4 Å². The number of carbonyl (C=O) groups excluding carboxylic acids is 1. The number of nitrogens with one attached hydrogen (secondary N) is 1. The van der Waals surface area contributed by atoms with Crippen molar-refractivity contribution in [3.05, 3.63) is 40.3 Å². The van der Waals surface area contributed by atoms with E-state index >= 15 is 0 Å². The Morgan fingerprint density at radius 1 is 1.41 bits per heavy atom. The Morgan fingerprint density at radius 2 is 2.24 bits per heavy atom. The van der Waals surface area contributed by atoms with Gasteiger partial charge in [-0.25, -0.2) is 4.98 Å². The highest BCUT2D eigenvalue weighted by Crippen LogP contribution is 2.15. The van der Waals surface area contributed by atoms with Crippen LogP contribution in [-0.4, -0.2) is 10.9 Å². The summed E-state index contributed by atoms with van der Waals surface area (Å²) in [6.07, 6.45) is 0. The summed E-state index contributed by atoms with van der Waals surface area (Å²) < 4.78 is 0. The third kappa shape index (κ3) is 2.73. The maximum atomic E-state index is 11.8. The Kier molecular flexibility index (Phi) is 3.24. The van der Waals surface area contributed by atoms with Crippen LogP contribution in [0, 0.1) is 0 Å².